The van der Waals surface area contributed by atoms with Crippen LogP contribution >= 0.6 is 11.3 Å². The second-order valence-electron chi connectivity index (χ2n) is 5.01. The molecule has 0 aliphatic heterocycles. The largest absolute Gasteiger partial charge is 0.480 e. The zero-order chi connectivity index (χ0) is 16.8. The smallest absolute Gasteiger partial charge is 0.322 e. The fourth-order valence-electron chi connectivity index (χ4n) is 2.12. The number of hydrogen-bond acceptors (Lipinski definition) is 6. The summed E-state index contributed by atoms with van der Waals surface area (Å²) in [6.07, 6.45) is 0. The van der Waals surface area contributed by atoms with Crippen LogP contribution in [0.1, 0.15) is 4.88 Å². The van der Waals surface area contributed by atoms with Gasteiger partial charge in [-0.2, -0.15) is 4.98 Å². The van der Waals surface area contributed by atoms with Crippen molar-refractivity contribution in [2.75, 3.05) is 17.2 Å². The third kappa shape index (κ3) is 4.30. The third-order valence-corrected chi connectivity index (χ3v) is 4.09. The standard InChI is InChI=1S/C17H16N4O2S/c22-16(23)11-19-17-20-14(12-5-2-1-3-6-12)9-15(21-17)18-10-13-7-4-8-24-13/h1-9H,10-11H2,(H,22,23)(H2,18,19,20,21). The Balaban J connectivity index is 1.85. The summed E-state index contributed by atoms with van der Waals surface area (Å²) in [5.74, 6) is -0.0330. The Morgan fingerprint density at radius 1 is 1.08 bits per heavy atom. The Morgan fingerprint density at radius 2 is 1.92 bits per heavy atom. The minimum atomic E-state index is -0.961. The maximum absolute atomic E-state index is 10.8. The van der Waals surface area contributed by atoms with Crippen molar-refractivity contribution in [2.24, 2.45) is 0 Å². The van der Waals surface area contributed by atoms with Crippen LogP contribution in [0.25, 0.3) is 11.3 Å². The summed E-state index contributed by atoms with van der Waals surface area (Å²) in [7, 11) is 0. The lowest BCUT2D eigenvalue weighted by atomic mass is 10.1. The maximum Gasteiger partial charge on any atom is 0.322 e. The molecule has 0 atom stereocenters. The molecule has 0 spiro atoms. The molecule has 0 saturated carbocycles. The molecule has 6 nitrogen and oxygen atoms in total. The number of rotatable bonds is 7. The lowest BCUT2D eigenvalue weighted by Gasteiger charge is -2.10. The molecule has 2 aromatic heterocycles. The summed E-state index contributed by atoms with van der Waals surface area (Å²) >= 11 is 1.66. The molecule has 0 aliphatic carbocycles. The summed E-state index contributed by atoms with van der Waals surface area (Å²) < 4.78 is 0. The Hall–Kier alpha value is -2.93. The average molecular weight is 340 g/mol. The monoisotopic (exact) mass is 340 g/mol. The highest BCUT2D eigenvalue weighted by Crippen LogP contribution is 2.22. The molecule has 3 aromatic rings. The molecule has 0 fully saturated rings. The first-order valence-corrected chi connectivity index (χ1v) is 8.25. The Bertz CT molecular complexity index is 807. The minimum Gasteiger partial charge on any atom is -0.480 e. The van der Waals surface area contributed by atoms with Crippen molar-refractivity contribution in [3.8, 4) is 11.3 Å². The van der Waals surface area contributed by atoms with Crippen molar-refractivity contribution < 1.29 is 9.90 Å². The van der Waals surface area contributed by atoms with E-state index < -0.39 is 5.97 Å². The van der Waals surface area contributed by atoms with E-state index >= 15 is 0 Å². The van der Waals surface area contributed by atoms with Crippen molar-refractivity contribution in [1.29, 1.82) is 0 Å². The number of carboxylic acids is 1. The summed E-state index contributed by atoms with van der Waals surface area (Å²) in [5.41, 5.74) is 1.67. The predicted octanol–water partition coefficient (Wildman–Crippen LogP) is 3.31. The van der Waals surface area contributed by atoms with Crippen molar-refractivity contribution in [1.82, 2.24) is 9.97 Å². The number of carboxylic acid groups (broad SMARTS) is 1. The zero-order valence-electron chi connectivity index (χ0n) is 12.8. The number of aromatic nitrogens is 2. The number of nitrogens with one attached hydrogen (secondary N) is 2. The molecule has 2 heterocycles. The van der Waals surface area contributed by atoms with E-state index in [1.165, 1.54) is 4.88 Å². The van der Waals surface area contributed by atoms with Crippen molar-refractivity contribution in [3.05, 3.63) is 58.8 Å². The van der Waals surface area contributed by atoms with Gasteiger partial charge in [-0.25, -0.2) is 4.98 Å². The molecule has 0 radical (unpaired) electrons. The van der Waals surface area contributed by atoms with Crippen LogP contribution in [0.2, 0.25) is 0 Å². The molecule has 1 aromatic carbocycles. The van der Waals surface area contributed by atoms with Crippen LogP contribution in [0, 0.1) is 0 Å². The van der Waals surface area contributed by atoms with Gasteiger partial charge in [0.05, 0.1) is 12.2 Å². The molecule has 0 aliphatic rings. The van der Waals surface area contributed by atoms with E-state index in [4.69, 9.17) is 5.11 Å². The molecule has 24 heavy (non-hydrogen) atoms. The fourth-order valence-corrected chi connectivity index (χ4v) is 2.76. The van der Waals surface area contributed by atoms with Crippen molar-refractivity contribution in [2.45, 2.75) is 6.54 Å². The van der Waals surface area contributed by atoms with Crippen LogP contribution < -0.4 is 10.6 Å². The second kappa shape index (κ2) is 7.56. The fraction of sp³-hybridized carbons (Fsp3) is 0.118. The molecule has 7 heteroatoms. The van der Waals surface area contributed by atoms with E-state index in [1.807, 2.05) is 53.9 Å². The summed E-state index contributed by atoms with van der Waals surface area (Å²) in [6.45, 7) is 0.421. The molecule has 3 rings (SSSR count). The molecular formula is C17H16N4O2S. The molecule has 0 bridgehead atoms. The van der Waals surface area contributed by atoms with Gasteiger partial charge in [0.15, 0.2) is 0 Å². The highest BCUT2D eigenvalue weighted by atomic mass is 32.1. The highest BCUT2D eigenvalue weighted by molar-refractivity contribution is 7.09. The van der Waals surface area contributed by atoms with Gasteiger partial charge in [0.1, 0.15) is 12.4 Å². The van der Waals surface area contributed by atoms with E-state index in [0.717, 1.165) is 11.3 Å². The lowest BCUT2D eigenvalue weighted by molar-refractivity contribution is -0.134. The molecule has 0 amide bonds. The first-order chi connectivity index (χ1) is 11.7. The normalized spacial score (nSPS) is 10.3. The predicted molar refractivity (Wildman–Crippen MR) is 95.2 cm³/mol. The first kappa shape index (κ1) is 15.9. The van der Waals surface area contributed by atoms with E-state index in [-0.39, 0.29) is 12.5 Å². The van der Waals surface area contributed by atoms with E-state index in [0.29, 0.717) is 12.4 Å². The quantitative estimate of drug-likeness (QED) is 0.612. The van der Waals surface area contributed by atoms with Crippen LogP contribution in [-0.4, -0.2) is 27.6 Å². The van der Waals surface area contributed by atoms with E-state index in [2.05, 4.69) is 20.6 Å². The summed E-state index contributed by atoms with van der Waals surface area (Å²) in [4.78, 5) is 20.7. The van der Waals surface area contributed by atoms with Crippen LogP contribution in [0.15, 0.2) is 53.9 Å². The SMILES string of the molecule is O=C(O)CNc1nc(NCc2cccs2)cc(-c2ccccc2)n1. The first-order valence-electron chi connectivity index (χ1n) is 7.37. The Kier molecular flexibility index (Phi) is 5.02. The molecular weight excluding hydrogens is 324 g/mol. The molecule has 0 saturated heterocycles. The van der Waals surface area contributed by atoms with Gasteiger partial charge in [-0.3, -0.25) is 4.79 Å². The maximum atomic E-state index is 10.8. The van der Waals surface area contributed by atoms with Gasteiger partial charge in [-0.15, -0.1) is 11.3 Å². The number of hydrogen-bond donors (Lipinski definition) is 3. The Labute approximate surface area is 143 Å². The summed E-state index contributed by atoms with van der Waals surface area (Å²) in [6, 6.07) is 15.6. The second-order valence-corrected chi connectivity index (χ2v) is 6.04. The number of carbonyl (C=O) groups is 1. The van der Waals surface area contributed by atoms with E-state index in [9.17, 15) is 4.79 Å². The number of anilines is 2. The van der Waals surface area contributed by atoms with Gasteiger partial charge in [0.2, 0.25) is 5.95 Å². The van der Waals surface area contributed by atoms with Crippen LogP contribution in [0.4, 0.5) is 11.8 Å². The topological polar surface area (TPSA) is 87.1 Å². The van der Waals surface area contributed by atoms with Gasteiger partial charge in [-0.1, -0.05) is 36.4 Å². The van der Waals surface area contributed by atoms with Gasteiger partial charge in [0, 0.05) is 16.5 Å². The van der Waals surface area contributed by atoms with Gasteiger partial charge < -0.3 is 15.7 Å². The molecule has 122 valence electrons. The van der Waals surface area contributed by atoms with Crippen LogP contribution in [-0.2, 0) is 11.3 Å². The van der Waals surface area contributed by atoms with Crippen LogP contribution in [0.3, 0.4) is 0 Å². The third-order valence-electron chi connectivity index (χ3n) is 3.22. The number of benzene rings is 1. The van der Waals surface area contributed by atoms with Crippen molar-refractivity contribution >= 4 is 29.1 Å². The Morgan fingerprint density at radius 3 is 2.62 bits per heavy atom. The highest BCUT2D eigenvalue weighted by Gasteiger charge is 2.08. The zero-order valence-corrected chi connectivity index (χ0v) is 13.6. The number of aliphatic carboxylic acids is 1. The average Bonchev–Trinajstić information content (AvgIpc) is 3.12. The van der Waals surface area contributed by atoms with Gasteiger partial charge in [-0.05, 0) is 11.4 Å². The molecule has 3 N–H and O–H groups in total. The summed E-state index contributed by atoms with van der Waals surface area (Å²) in [5, 5.41) is 16.8. The number of thiophene rings is 1. The lowest BCUT2D eigenvalue weighted by Crippen LogP contribution is -2.15. The number of nitrogens with zero attached hydrogens (tertiary/aromatic N) is 2. The molecule has 0 unspecified atom stereocenters. The van der Waals surface area contributed by atoms with E-state index in [1.54, 1.807) is 11.3 Å². The van der Waals surface area contributed by atoms with Gasteiger partial charge in [0.25, 0.3) is 0 Å². The minimum absolute atomic E-state index is 0.234. The van der Waals surface area contributed by atoms with Crippen molar-refractivity contribution in [3.63, 3.8) is 0 Å². The van der Waals surface area contributed by atoms with Crippen LogP contribution in [0.5, 0.6) is 0 Å². The van der Waals surface area contributed by atoms with Gasteiger partial charge >= 0.3 is 5.97 Å².